The van der Waals surface area contributed by atoms with Gasteiger partial charge in [-0.1, -0.05) is 10.6 Å². The van der Waals surface area contributed by atoms with Crippen LogP contribution in [0, 0.1) is 0 Å². The highest BCUT2D eigenvalue weighted by molar-refractivity contribution is 7.03. The molecule has 7 heteroatoms. The minimum atomic E-state index is 0.621. The lowest BCUT2D eigenvalue weighted by atomic mass is 10.2. The van der Waals surface area contributed by atoms with E-state index in [0.717, 1.165) is 22.8 Å². The van der Waals surface area contributed by atoms with Crippen LogP contribution in [0.4, 0.5) is 5.69 Å². The Bertz CT molecular complexity index is 604. The number of hydrogen-bond donors (Lipinski definition) is 2. The smallest absolute Gasteiger partial charge is 0.107 e. The number of nitrogens with one attached hydrogen (secondary N) is 2. The van der Waals surface area contributed by atoms with E-state index in [1.54, 1.807) is 12.4 Å². The van der Waals surface area contributed by atoms with Crippen molar-refractivity contribution in [2.24, 2.45) is 0 Å². The maximum atomic E-state index is 4.29. The molecule has 0 atom stereocenters. The van der Waals surface area contributed by atoms with E-state index in [4.69, 9.17) is 0 Å². The van der Waals surface area contributed by atoms with Crippen LogP contribution in [0.5, 0.6) is 0 Å². The van der Waals surface area contributed by atoms with Gasteiger partial charge in [0.15, 0.2) is 0 Å². The van der Waals surface area contributed by atoms with Crippen molar-refractivity contribution >= 4 is 17.2 Å². The van der Waals surface area contributed by atoms with Gasteiger partial charge in [-0.05, 0) is 23.7 Å². The number of hydrogen-bond acceptors (Lipinski definition) is 6. The van der Waals surface area contributed by atoms with E-state index in [1.165, 1.54) is 11.5 Å². The van der Waals surface area contributed by atoms with Gasteiger partial charge in [0, 0.05) is 11.6 Å². The molecule has 3 aromatic heterocycles. The largest absolute Gasteiger partial charge is 0.376 e. The number of aromatic nitrogens is 5. The average molecular weight is 258 g/mol. The Hall–Kier alpha value is -2.28. The van der Waals surface area contributed by atoms with Crippen molar-refractivity contribution < 1.29 is 0 Å². The zero-order chi connectivity index (χ0) is 12.2. The summed E-state index contributed by atoms with van der Waals surface area (Å²) in [5, 5.41) is 16.1. The molecule has 0 fully saturated rings. The zero-order valence-electron chi connectivity index (χ0n) is 9.37. The Kier molecular flexibility index (Phi) is 2.97. The van der Waals surface area contributed by atoms with Crippen molar-refractivity contribution in [2.45, 2.75) is 6.54 Å². The molecule has 0 aromatic carbocycles. The number of pyridine rings is 1. The van der Waals surface area contributed by atoms with Crippen LogP contribution in [0.3, 0.4) is 0 Å². The fourth-order valence-electron chi connectivity index (χ4n) is 1.57. The molecule has 3 rings (SSSR count). The highest BCUT2D eigenvalue weighted by Crippen LogP contribution is 2.23. The van der Waals surface area contributed by atoms with Crippen molar-refractivity contribution in [3.63, 3.8) is 0 Å². The lowest BCUT2D eigenvalue weighted by Gasteiger charge is -2.04. The molecular formula is C11H10N6S. The Balaban J connectivity index is 1.80. The van der Waals surface area contributed by atoms with Gasteiger partial charge in [0.25, 0.3) is 0 Å². The second kappa shape index (κ2) is 4.92. The van der Waals surface area contributed by atoms with Crippen LogP contribution in [0.15, 0.2) is 36.0 Å². The van der Waals surface area contributed by atoms with Gasteiger partial charge in [0.1, 0.15) is 5.69 Å². The van der Waals surface area contributed by atoms with Gasteiger partial charge >= 0.3 is 0 Å². The van der Waals surface area contributed by atoms with Crippen LogP contribution in [0.1, 0.15) is 5.69 Å². The minimum Gasteiger partial charge on any atom is -0.376 e. The highest BCUT2D eigenvalue weighted by Gasteiger charge is 2.08. The summed E-state index contributed by atoms with van der Waals surface area (Å²) in [4.78, 5) is 4.29. The normalized spacial score (nSPS) is 10.4. The van der Waals surface area contributed by atoms with E-state index in [9.17, 15) is 0 Å². The molecule has 3 heterocycles. The first-order valence-corrected chi connectivity index (χ1v) is 6.22. The third-order valence-electron chi connectivity index (χ3n) is 2.43. The molecule has 0 aliphatic rings. The maximum Gasteiger partial charge on any atom is 0.107 e. The topological polar surface area (TPSA) is 79.4 Å². The summed E-state index contributed by atoms with van der Waals surface area (Å²) in [6.45, 7) is 0.621. The molecule has 0 spiro atoms. The highest BCUT2D eigenvalue weighted by atomic mass is 32.1. The molecule has 0 amide bonds. The predicted octanol–water partition coefficient (Wildman–Crippen LogP) is 1.94. The minimum absolute atomic E-state index is 0.621. The molecule has 0 aliphatic heterocycles. The van der Waals surface area contributed by atoms with Gasteiger partial charge in [0.05, 0.1) is 29.8 Å². The zero-order valence-corrected chi connectivity index (χ0v) is 10.2. The third kappa shape index (κ3) is 2.21. The van der Waals surface area contributed by atoms with E-state index in [1.807, 2.05) is 23.6 Å². The summed E-state index contributed by atoms with van der Waals surface area (Å²) < 4.78 is 3.82. The quantitative estimate of drug-likeness (QED) is 0.747. The first-order chi connectivity index (χ1) is 8.93. The Morgan fingerprint density at radius 3 is 3.11 bits per heavy atom. The second-order valence-corrected chi connectivity index (χ2v) is 4.23. The van der Waals surface area contributed by atoms with Crippen molar-refractivity contribution in [3.8, 4) is 11.4 Å². The molecule has 0 aliphatic carbocycles. The molecular weight excluding hydrogens is 248 g/mol. The van der Waals surface area contributed by atoms with Crippen LogP contribution < -0.4 is 5.32 Å². The molecule has 0 unspecified atom stereocenters. The monoisotopic (exact) mass is 258 g/mol. The van der Waals surface area contributed by atoms with Crippen molar-refractivity contribution in [3.05, 3.63) is 41.7 Å². The van der Waals surface area contributed by atoms with E-state index >= 15 is 0 Å². The summed E-state index contributed by atoms with van der Waals surface area (Å²) in [6, 6.07) is 5.76. The molecule has 3 aromatic rings. The maximum absolute atomic E-state index is 4.29. The summed E-state index contributed by atoms with van der Waals surface area (Å²) in [7, 11) is 0. The Morgan fingerprint density at radius 2 is 2.33 bits per heavy atom. The standard InChI is InChI=1S/C11H10N6S/c1-2-4-12-9(3-1)11-10(6-14-16-11)13-5-8-7-18-17-15-8/h1-4,6-7,13H,5H2,(H,14,16). The third-order valence-corrected chi connectivity index (χ3v) is 2.98. The van der Waals surface area contributed by atoms with Gasteiger partial charge in [-0.2, -0.15) is 5.10 Å². The first kappa shape index (κ1) is 10.8. The SMILES string of the molecule is c1ccc(-c2[nH]ncc2NCc2csnn2)nc1. The Morgan fingerprint density at radius 1 is 1.33 bits per heavy atom. The summed E-state index contributed by atoms with van der Waals surface area (Å²) in [6.07, 6.45) is 3.49. The molecule has 2 N–H and O–H groups in total. The number of rotatable bonds is 4. The molecule has 0 saturated heterocycles. The molecule has 0 radical (unpaired) electrons. The van der Waals surface area contributed by atoms with E-state index in [0.29, 0.717) is 6.54 Å². The molecule has 18 heavy (non-hydrogen) atoms. The second-order valence-electron chi connectivity index (χ2n) is 3.62. The molecule has 0 bridgehead atoms. The molecule has 6 nitrogen and oxygen atoms in total. The number of aromatic amines is 1. The first-order valence-electron chi connectivity index (χ1n) is 5.38. The van der Waals surface area contributed by atoms with Crippen molar-refractivity contribution in [1.82, 2.24) is 24.8 Å². The van der Waals surface area contributed by atoms with Crippen LogP contribution in [0.2, 0.25) is 0 Å². The van der Waals surface area contributed by atoms with Gasteiger partial charge in [-0.25, -0.2) is 0 Å². The molecule has 0 saturated carbocycles. The van der Waals surface area contributed by atoms with E-state index in [-0.39, 0.29) is 0 Å². The lowest BCUT2D eigenvalue weighted by molar-refractivity contribution is 0.999. The predicted molar refractivity (Wildman–Crippen MR) is 69.1 cm³/mol. The van der Waals surface area contributed by atoms with Crippen LogP contribution >= 0.6 is 11.5 Å². The lowest BCUT2D eigenvalue weighted by Crippen LogP contribution is -2.00. The summed E-state index contributed by atoms with van der Waals surface area (Å²) in [5.74, 6) is 0. The van der Waals surface area contributed by atoms with Gasteiger partial charge in [-0.3, -0.25) is 10.1 Å². The van der Waals surface area contributed by atoms with E-state index in [2.05, 4.69) is 30.1 Å². The summed E-state index contributed by atoms with van der Waals surface area (Å²) in [5.41, 5.74) is 3.54. The van der Waals surface area contributed by atoms with Gasteiger partial charge < -0.3 is 5.32 Å². The summed E-state index contributed by atoms with van der Waals surface area (Å²) >= 11 is 1.34. The number of H-pyrrole nitrogens is 1. The Labute approximate surface area is 107 Å². The van der Waals surface area contributed by atoms with Gasteiger partial charge in [0.2, 0.25) is 0 Å². The van der Waals surface area contributed by atoms with E-state index < -0.39 is 0 Å². The fraction of sp³-hybridized carbons (Fsp3) is 0.0909. The molecule has 90 valence electrons. The number of nitrogens with zero attached hydrogens (tertiary/aromatic N) is 4. The van der Waals surface area contributed by atoms with Crippen LogP contribution in [-0.4, -0.2) is 24.8 Å². The fourth-order valence-corrected chi connectivity index (χ4v) is 2.02. The number of anilines is 1. The van der Waals surface area contributed by atoms with Gasteiger partial charge in [-0.15, -0.1) is 5.10 Å². The average Bonchev–Trinajstić information content (AvgIpc) is 3.09. The van der Waals surface area contributed by atoms with Crippen molar-refractivity contribution in [1.29, 1.82) is 0 Å². The van der Waals surface area contributed by atoms with Crippen molar-refractivity contribution in [2.75, 3.05) is 5.32 Å². The van der Waals surface area contributed by atoms with Crippen LogP contribution in [-0.2, 0) is 6.54 Å². The van der Waals surface area contributed by atoms with Crippen LogP contribution in [0.25, 0.3) is 11.4 Å².